The Kier molecular flexibility index (Phi) is 2.47. The van der Waals surface area contributed by atoms with Gasteiger partial charge in [0.15, 0.2) is 5.43 Å². The molecule has 110 valence electrons. The van der Waals surface area contributed by atoms with E-state index in [2.05, 4.69) is 10.3 Å². The van der Waals surface area contributed by atoms with Crippen molar-refractivity contribution in [1.29, 1.82) is 0 Å². The Hall–Kier alpha value is -2.96. The zero-order valence-electron chi connectivity index (χ0n) is 11.4. The second-order valence-electron chi connectivity index (χ2n) is 5.39. The number of nitrogens with zero attached hydrogens (tertiary/aromatic N) is 1. The van der Waals surface area contributed by atoms with Gasteiger partial charge in [0.1, 0.15) is 6.04 Å². The third-order valence-corrected chi connectivity index (χ3v) is 4.13. The van der Waals surface area contributed by atoms with Crippen LogP contribution in [0.1, 0.15) is 18.9 Å². The van der Waals surface area contributed by atoms with E-state index in [-0.39, 0.29) is 29.6 Å². The summed E-state index contributed by atoms with van der Waals surface area (Å²) in [5.41, 5.74) is -0.343. The van der Waals surface area contributed by atoms with Crippen molar-refractivity contribution in [3.8, 4) is 0 Å². The molecule has 7 nitrogen and oxygen atoms in total. The molecule has 1 aliphatic heterocycles. The minimum atomic E-state index is -0.781. The van der Waals surface area contributed by atoms with Crippen LogP contribution in [0.25, 0.3) is 21.7 Å². The first-order valence-corrected chi connectivity index (χ1v) is 6.89. The summed E-state index contributed by atoms with van der Waals surface area (Å²) < 4.78 is 1.32. The van der Waals surface area contributed by atoms with E-state index in [4.69, 9.17) is 0 Å². The molecule has 1 aliphatic rings. The van der Waals surface area contributed by atoms with E-state index < -0.39 is 17.5 Å². The van der Waals surface area contributed by atoms with Crippen molar-refractivity contribution in [2.45, 2.75) is 18.9 Å². The Morgan fingerprint density at radius 1 is 1.05 bits per heavy atom. The van der Waals surface area contributed by atoms with E-state index in [1.807, 2.05) is 0 Å². The van der Waals surface area contributed by atoms with Gasteiger partial charge < -0.3 is 4.98 Å². The van der Waals surface area contributed by atoms with Crippen LogP contribution in [0.15, 0.2) is 34.1 Å². The maximum absolute atomic E-state index is 12.7. The molecule has 0 radical (unpaired) electrons. The number of benzene rings is 1. The minimum absolute atomic E-state index is 0.0891. The number of imide groups is 1. The van der Waals surface area contributed by atoms with Crippen LogP contribution in [-0.2, 0) is 9.59 Å². The zero-order chi connectivity index (χ0) is 15.4. The number of H-pyrrole nitrogens is 1. The molecule has 2 N–H and O–H groups in total. The Bertz CT molecular complexity index is 1050. The normalized spacial score (nSPS) is 19.0. The first kappa shape index (κ1) is 12.8. The van der Waals surface area contributed by atoms with E-state index in [1.165, 1.54) is 10.6 Å². The summed E-state index contributed by atoms with van der Waals surface area (Å²) in [7, 11) is 0. The fraction of sp³-hybridized carbons (Fsp3) is 0.200. The molecule has 1 unspecified atom stereocenters. The van der Waals surface area contributed by atoms with Crippen molar-refractivity contribution >= 4 is 33.5 Å². The van der Waals surface area contributed by atoms with Crippen LogP contribution in [-0.4, -0.2) is 21.4 Å². The molecule has 0 spiro atoms. The van der Waals surface area contributed by atoms with Crippen LogP contribution in [0.2, 0.25) is 0 Å². The number of aromatic nitrogens is 2. The van der Waals surface area contributed by atoms with Crippen LogP contribution in [0.4, 0.5) is 0 Å². The van der Waals surface area contributed by atoms with Gasteiger partial charge in [-0.2, -0.15) is 0 Å². The van der Waals surface area contributed by atoms with Crippen LogP contribution >= 0.6 is 0 Å². The largest absolute Gasteiger partial charge is 0.365 e. The number of amides is 2. The third-order valence-electron chi connectivity index (χ3n) is 4.13. The van der Waals surface area contributed by atoms with Gasteiger partial charge in [-0.05, 0) is 18.6 Å². The number of carbonyl (C=O) groups excluding carboxylic acids is 2. The fourth-order valence-electron chi connectivity index (χ4n) is 3.15. The van der Waals surface area contributed by atoms with Crippen LogP contribution in [0.3, 0.4) is 0 Å². The quantitative estimate of drug-likeness (QED) is 0.629. The lowest BCUT2D eigenvalue weighted by Crippen LogP contribution is -2.43. The van der Waals surface area contributed by atoms with E-state index >= 15 is 0 Å². The standard InChI is InChI=1S/C15H11N3O4/c19-10-3-1-7-5-16-6-9-12(7)13(10)15(22)18(9)8-2-4-11(20)17-14(8)21/h1,3,5-6,8,16H,2,4H2,(H,17,20,21). The Labute approximate surface area is 122 Å². The summed E-state index contributed by atoms with van der Waals surface area (Å²) >= 11 is 0. The number of aromatic amines is 1. The Balaban J connectivity index is 2.09. The van der Waals surface area contributed by atoms with E-state index in [9.17, 15) is 19.2 Å². The van der Waals surface area contributed by atoms with Crippen LogP contribution < -0.4 is 16.3 Å². The Morgan fingerprint density at radius 2 is 1.86 bits per heavy atom. The molecule has 0 aliphatic carbocycles. The molecule has 0 bridgehead atoms. The smallest absolute Gasteiger partial charge is 0.263 e. The number of rotatable bonds is 1. The number of hydrogen-bond donors (Lipinski definition) is 2. The van der Waals surface area contributed by atoms with Crippen molar-refractivity contribution in [3.63, 3.8) is 0 Å². The van der Waals surface area contributed by atoms with Gasteiger partial charge in [-0.1, -0.05) is 0 Å². The molecule has 1 aromatic carbocycles. The van der Waals surface area contributed by atoms with Crippen molar-refractivity contribution in [2.24, 2.45) is 0 Å². The highest BCUT2D eigenvalue weighted by molar-refractivity contribution is 6.09. The monoisotopic (exact) mass is 297 g/mol. The fourth-order valence-corrected chi connectivity index (χ4v) is 3.15. The first-order valence-electron chi connectivity index (χ1n) is 6.89. The molecule has 1 fully saturated rings. The highest BCUT2D eigenvalue weighted by atomic mass is 16.2. The van der Waals surface area contributed by atoms with Crippen molar-refractivity contribution in [1.82, 2.24) is 14.9 Å². The molecule has 7 heteroatoms. The molecule has 3 aromatic rings. The lowest BCUT2D eigenvalue weighted by Gasteiger charge is -2.22. The molecule has 1 atom stereocenters. The molecular formula is C15H11N3O4. The van der Waals surface area contributed by atoms with Gasteiger partial charge in [-0.25, -0.2) is 0 Å². The van der Waals surface area contributed by atoms with Gasteiger partial charge in [-0.3, -0.25) is 29.1 Å². The molecule has 1 saturated heterocycles. The van der Waals surface area contributed by atoms with Crippen molar-refractivity contribution < 1.29 is 9.59 Å². The average Bonchev–Trinajstić information content (AvgIpc) is 2.78. The minimum Gasteiger partial charge on any atom is -0.365 e. The van der Waals surface area contributed by atoms with E-state index in [1.54, 1.807) is 18.5 Å². The molecule has 4 rings (SSSR count). The maximum Gasteiger partial charge on any atom is 0.263 e. The van der Waals surface area contributed by atoms with Gasteiger partial charge in [-0.15, -0.1) is 0 Å². The molecular weight excluding hydrogens is 286 g/mol. The highest BCUT2D eigenvalue weighted by Crippen LogP contribution is 2.27. The highest BCUT2D eigenvalue weighted by Gasteiger charge is 2.31. The average molecular weight is 297 g/mol. The number of carbonyl (C=O) groups is 2. The molecule has 2 aromatic heterocycles. The Morgan fingerprint density at radius 3 is 2.64 bits per heavy atom. The van der Waals surface area contributed by atoms with Crippen molar-refractivity contribution in [3.05, 3.63) is 45.1 Å². The van der Waals surface area contributed by atoms with E-state index in [0.29, 0.717) is 10.9 Å². The maximum atomic E-state index is 12.7. The topological polar surface area (TPSA) is 101 Å². The van der Waals surface area contributed by atoms with Crippen LogP contribution in [0, 0.1) is 0 Å². The molecule has 0 saturated carbocycles. The predicted octanol–water partition coefficient (Wildman–Crippen LogP) is 0.258. The predicted molar refractivity (Wildman–Crippen MR) is 78.9 cm³/mol. The zero-order valence-corrected chi connectivity index (χ0v) is 11.4. The number of pyridine rings is 1. The summed E-state index contributed by atoms with van der Waals surface area (Å²) in [6, 6.07) is 2.21. The summed E-state index contributed by atoms with van der Waals surface area (Å²) in [6.45, 7) is 0. The molecule has 2 amide bonds. The van der Waals surface area contributed by atoms with Crippen molar-refractivity contribution in [2.75, 3.05) is 0 Å². The lowest BCUT2D eigenvalue weighted by molar-refractivity contribution is -0.135. The summed E-state index contributed by atoms with van der Waals surface area (Å²) in [5.74, 6) is -0.860. The second-order valence-corrected chi connectivity index (χ2v) is 5.39. The van der Waals surface area contributed by atoms with Gasteiger partial charge in [0.2, 0.25) is 11.8 Å². The number of piperidine rings is 1. The summed E-state index contributed by atoms with van der Waals surface area (Å²) in [5, 5.41) is 3.62. The van der Waals surface area contributed by atoms with Gasteiger partial charge in [0.25, 0.3) is 5.56 Å². The SMILES string of the molecule is O=C1CCC(n2c(=O)c3c(=O)ccc4c[nH]cc2c43)C(=O)N1. The third kappa shape index (κ3) is 1.56. The van der Waals surface area contributed by atoms with Crippen LogP contribution in [0.5, 0.6) is 0 Å². The lowest BCUT2D eigenvalue weighted by atomic mass is 10.1. The van der Waals surface area contributed by atoms with Gasteiger partial charge in [0.05, 0.1) is 10.9 Å². The summed E-state index contributed by atoms with van der Waals surface area (Å²) in [4.78, 5) is 51.0. The van der Waals surface area contributed by atoms with Gasteiger partial charge in [0, 0.05) is 29.6 Å². The number of hydrogen-bond acceptors (Lipinski definition) is 4. The van der Waals surface area contributed by atoms with Gasteiger partial charge >= 0.3 is 0 Å². The second kappa shape index (κ2) is 4.27. The molecule has 22 heavy (non-hydrogen) atoms. The first-order chi connectivity index (χ1) is 10.6. The molecule has 3 heterocycles. The number of nitrogens with one attached hydrogen (secondary N) is 2. The summed E-state index contributed by atoms with van der Waals surface area (Å²) in [6.07, 6.45) is 3.71. The van der Waals surface area contributed by atoms with E-state index in [0.717, 1.165) is 5.39 Å².